The van der Waals surface area contributed by atoms with E-state index in [1.54, 1.807) is 22.9 Å². The van der Waals surface area contributed by atoms with Gasteiger partial charge in [0, 0.05) is 25.2 Å². The molecule has 28 heavy (non-hydrogen) atoms. The van der Waals surface area contributed by atoms with Gasteiger partial charge in [-0.15, -0.1) is 0 Å². The lowest BCUT2D eigenvalue weighted by Crippen LogP contribution is -2.22. The predicted molar refractivity (Wildman–Crippen MR) is 107 cm³/mol. The molecule has 1 N–H and O–H groups in total. The van der Waals surface area contributed by atoms with Gasteiger partial charge < -0.3 is 9.67 Å². The smallest absolute Gasteiger partial charge is 0.250 e. The van der Waals surface area contributed by atoms with Gasteiger partial charge in [-0.1, -0.05) is 55.7 Å². The monoisotopic (exact) mass is 378 g/mol. The summed E-state index contributed by atoms with van der Waals surface area (Å²) in [5.41, 5.74) is 0.768. The van der Waals surface area contributed by atoms with Crippen LogP contribution in [-0.2, 0) is 13.0 Å². The molecule has 1 aliphatic rings. The summed E-state index contributed by atoms with van der Waals surface area (Å²) < 4.78 is 3.70. The third kappa shape index (κ3) is 4.07. The first-order valence-corrected chi connectivity index (χ1v) is 10.1. The zero-order chi connectivity index (χ0) is 19.3. The molecule has 6 heteroatoms. The van der Waals surface area contributed by atoms with Crippen molar-refractivity contribution in [3.63, 3.8) is 0 Å². The van der Waals surface area contributed by atoms with E-state index in [9.17, 15) is 9.90 Å². The number of nitrogens with zero attached hydrogens (tertiary/aromatic N) is 4. The highest BCUT2D eigenvalue weighted by Gasteiger charge is 2.24. The van der Waals surface area contributed by atoms with Crippen LogP contribution in [0.15, 0.2) is 59.5 Å². The molecule has 0 bridgehead atoms. The van der Waals surface area contributed by atoms with E-state index in [4.69, 9.17) is 10.1 Å². The van der Waals surface area contributed by atoms with Crippen molar-refractivity contribution in [3.8, 4) is 0 Å². The quantitative estimate of drug-likeness (QED) is 0.714. The van der Waals surface area contributed by atoms with Crippen molar-refractivity contribution in [1.29, 1.82) is 0 Å². The Balaban J connectivity index is 1.62. The first-order chi connectivity index (χ1) is 13.7. The zero-order valence-electron chi connectivity index (χ0n) is 15.9. The van der Waals surface area contributed by atoms with Gasteiger partial charge in [0.25, 0.3) is 5.56 Å². The fourth-order valence-corrected chi connectivity index (χ4v) is 3.93. The number of rotatable bonds is 6. The van der Waals surface area contributed by atoms with E-state index in [1.165, 1.54) is 19.3 Å². The maximum Gasteiger partial charge on any atom is 0.250 e. The van der Waals surface area contributed by atoms with Crippen LogP contribution in [0.1, 0.15) is 61.5 Å². The van der Waals surface area contributed by atoms with Crippen molar-refractivity contribution in [2.24, 2.45) is 0 Å². The Bertz CT molecular complexity index is 958. The molecule has 0 aliphatic heterocycles. The Kier molecular flexibility index (Phi) is 5.67. The van der Waals surface area contributed by atoms with Crippen LogP contribution in [0.3, 0.4) is 0 Å². The second kappa shape index (κ2) is 8.52. The van der Waals surface area contributed by atoms with Crippen LogP contribution in [0.5, 0.6) is 0 Å². The van der Waals surface area contributed by atoms with E-state index in [2.05, 4.69) is 0 Å². The third-order valence-corrected chi connectivity index (χ3v) is 5.47. The average molecular weight is 378 g/mol. The van der Waals surface area contributed by atoms with Crippen LogP contribution >= 0.6 is 0 Å². The molecule has 1 atom stereocenters. The van der Waals surface area contributed by atoms with Gasteiger partial charge in [-0.3, -0.25) is 4.79 Å². The molecular formula is C22H26N4O2. The van der Waals surface area contributed by atoms with Crippen LogP contribution in [0.4, 0.5) is 0 Å². The van der Waals surface area contributed by atoms with Crippen molar-refractivity contribution in [2.45, 2.75) is 57.2 Å². The summed E-state index contributed by atoms with van der Waals surface area (Å²) in [5.74, 6) is 1.28. The number of hydrogen-bond acceptors (Lipinski definition) is 4. The highest BCUT2D eigenvalue weighted by molar-refractivity contribution is 5.22. The SMILES string of the molecule is O=c1ccccn1CCc1nc(C(O)c2ccccc2)nn1C1CCCCC1. The zero-order valence-corrected chi connectivity index (χ0v) is 15.9. The normalized spacial score (nSPS) is 16.2. The van der Waals surface area contributed by atoms with Gasteiger partial charge in [0.1, 0.15) is 11.9 Å². The molecule has 146 valence electrons. The summed E-state index contributed by atoms with van der Waals surface area (Å²) in [5, 5.41) is 15.5. The van der Waals surface area contributed by atoms with Crippen LogP contribution < -0.4 is 5.56 Å². The fourth-order valence-electron chi connectivity index (χ4n) is 3.93. The van der Waals surface area contributed by atoms with Gasteiger partial charge in [-0.2, -0.15) is 5.10 Å². The summed E-state index contributed by atoms with van der Waals surface area (Å²) in [6.07, 6.45) is 7.38. The van der Waals surface area contributed by atoms with Gasteiger partial charge in [-0.25, -0.2) is 9.67 Å². The molecule has 2 aromatic heterocycles. The Morgan fingerprint density at radius 3 is 2.54 bits per heavy atom. The standard InChI is InChI=1S/C22H26N4O2/c27-20-13-7-8-15-25(20)16-14-19-23-22(21(28)17-9-3-1-4-10-17)24-26(19)18-11-5-2-6-12-18/h1,3-4,7-10,13,15,18,21,28H,2,5-6,11-12,14,16H2. The first-order valence-electron chi connectivity index (χ1n) is 10.1. The van der Waals surface area contributed by atoms with Gasteiger partial charge >= 0.3 is 0 Å². The molecule has 0 saturated heterocycles. The Hall–Kier alpha value is -2.73. The maximum absolute atomic E-state index is 12.0. The molecule has 4 rings (SSSR count). The van der Waals surface area contributed by atoms with E-state index in [-0.39, 0.29) is 5.56 Å². The molecule has 0 spiro atoms. The van der Waals surface area contributed by atoms with Crippen molar-refractivity contribution in [2.75, 3.05) is 0 Å². The Morgan fingerprint density at radius 1 is 1.04 bits per heavy atom. The molecule has 2 heterocycles. The largest absolute Gasteiger partial charge is 0.380 e. The van der Waals surface area contributed by atoms with Gasteiger partial charge in [0.05, 0.1) is 6.04 Å². The molecule has 3 aromatic rings. The van der Waals surface area contributed by atoms with E-state index in [0.29, 0.717) is 24.8 Å². The Labute approximate surface area is 164 Å². The molecule has 1 aliphatic carbocycles. The molecule has 0 amide bonds. The Morgan fingerprint density at radius 2 is 1.79 bits per heavy atom. The van der Waals surface area contributed by atoms with Crippen LogP contribution in [0.2, 0.25) is 0 Å². The molecule has 6 nitrogen and oxygen atoms in total. The van der Waals surface area contributed by atoms with Crippen molar-refractivity contribution in [1.82, 2.24) is 19.3 Å². The average Bonchev–Trinajstić information content (AvgIpc) is 3.18. The molecule has 0 radical (unpaired) electrons. The minimum absolute atomic E-state index is 0.0178. The fraction of sp³-hybridized carbons (Fsp3) is 0.409. The lowest BCUT2D eigenvalue weighted by molar-refractivity contribution is 0.208. The van der Waals surface area contributed by atoms with E-state index in [1.807, 2.05) is 41.1 Å². The van der Waals surface area contributed by atoms with Crippen LogP contribution in [-0.4, -0.2) is 24.4 Å². The number of hydrogen-bond donors (Lipinski definition) is 1. The van der Waals surface area contributed by atoms with Crippen molar-refractivity contribution < 1.29 is 5.11 Å². The topological polar surface area (TPSA) is 72.9 Å². The molecule has 1 aromatic carbocycles. The van der Waals surface area contributed by atoms with E-state index >= 15 is 0 Å². The molecular weight excluding hydrogens is 352 g/mol. The molecule has 1 unspecified atom stereocenters. The second-order valence-electron chi connectivity index (χ2n) is 7.42. The predicted octanol–water partition coefficient (Wildman–Crippen LogP) is 3.27. The first kappa shape index (κ1) is 18.6. The molecule has 1 saturated carbocycles. The third-order valence-electron chi connectivity index (χ3n) is 5.47. The van der Waals surface area contributed by atoms with Gasteiger partial charge in [0.2, 0.25) is 0 Å². The number of pyridine rings is 1. The summed E-state index contributed by atoms with van der Waals surface area (Å²) in [4.78, 5) is 16.7. The maximum atomic E-state index is 12.0. The van der Waals surface area contributed by atoms with Crippen molar-refractivity contribution >= 4 is 0 Å². The number of aryl methyl sites for hydroxylation is 2. The number of aliphatic hydroxyl groups is 1. The second-order valence-corrected chi connectivity index (χ2v) is 7.42. The molecule has 1 fully saturated rings. The van der Waals surface area contributed by atoms with E-state index < -0.39 is 6.10 Å². The number of benzene rings is 1. The van der Waals surface area contributed by atoms with Gasteiger partial charge in [0.15, 0.2) is 5.82 Å². The highest BCUT2D eigenvalue weighted by Crippen LogP contribution is 2.30. The lowest BCUT2D eigenvalue weighted by atomic mass is 9.95. The van der Waals surface area contributed by atoms with Crippen LogP contribution in [0.25, 0.3) is 0 Å². The van der Waals surface area contributed by atoms with E-state index in [0.717, 1.165) is 24.2 Å². The summed E-state index contributed by atoms with van der Waals surface area (Å²) in [6.45, 7) is 0.548. The number of aliphatic hydroxyl groups excluding tert-OH is 1. The highest BCUT2D eigenvalue weighted by atomic mass is 16.3. The van der Waals surface area contributed by atoms with Crippen molar-refractivity contribution in [3.05, 3.63) is 82.3 Å². The van der Waals surface area contributed by atoms with Crippen LogP contribution in [0, 0.1) is 0 Å². The summed E-state index contributed by atoms with van der Waals surface area (Å²) >= 11 is 0. The van der Waals surface area contributed by atoms with Gasteiger partial charge in [-0.05, 0) is 24.5 Å². The minimum atomic E-state index is -0.843. The lowest BCUT2D eigenvalue weighted by Gasteiger charge is -2.23. The minimum Gasteiger partial charge on any atom is -0.380 e. The summed E-state index contributed by atoms with van der Waals surface area (Å²) in [6, 6.07) is 15.0. The summed E-state index contributed by atoms with van der Waals surface area (Å²) in [7, 11) is 0. The number of aromatic nitrogens is 4.